The fraction of sp³-hybridized carbons (Fsp3) is 0.172. The molecule has 9 heteroatoms. The van der Waals surface area contributed by atoms with Gasteiger partial charge in [-0.2, -0.15) is 10.2 Å². The van der Waals surface area contributed by atoms with Gasteiger partial charge in [-0.3, -0.25) is 14.3 Å². The number of hydrogen-bond donors (Lipinski definition) is 1. The first-order valence-corrected chi connectivity index (χ1v) is 13.5. The number of aromatic hydroxyl groups is 1. The maximum absolute atomic E-state index is 13.6. The molecule has 0 aliphatic heterocycles. The third kappa shape index (κ3) is 4.99. The quantitative estimate of drug-likeness (QED) is 0.347. The number of sulfone groups is 1. The van der Waals surface area contributed by atoms with Crippen molar-refractivity contribution in [3.8, 4) is 23.1 Å². The predicted octanol–water partition coefficient (Wildman–Crippen LogP) is 4.89. The van der Waals surface area contributed by atoms with E-state index in [-0.39, 0.29) is 16.4 Å². The Labute approximate surface area is 221 Å². The van der Waals surface area contributed by atoms with E-state index in [4.69, 9.17) is 0 Å². The Bertz CT molecular complexity index is 1730. The maximum Gasteiger partial charge on any atom is 0.296 e. The minimum absolute atomic E-state index is 0.160. The van der Waals surface area contributed by atoms with E-state index in [9.17, 15) is 23.6 Å². The first kappa shape index (κ1) is 26.5. The van der Waals surface area contributed by atoms with Crippen molar-refractivity contribution in [1.82, 2.24) is 14.5 Å². The molecule has 0 fully saturated rings. The van der Waals surface area contributed by atoms with E-state index in [1.807, 2.05) is 26.0 Å². The maximum atomic E-state index is 13.6. The van der Waals surface area contributed by atoms with Gasteiger partial charge < -0.3 is 5.11 Å². The second-order valence-corrected chi connectivity index (χ2v) is 10.7. The third-order valence-corrected chi connectivity index (χ3v) is 8.00. The summed E-state index contributed by atoms with van der Waals surface area (Å²) in [4.78, 5) is 20.2. The van der Waals surface area contributed by atoms with Gasteiger partial charge in [-0.1, -0.05) is 44.2 Å². The molecule has 4 aromatic rings. The minimum atomic E-state index is -4.45. The summed E-state index contributed by atoms with van der Waals surface area (Å²) in [5.41, 5.74) is 2.59. The Hall–Kier alpha value is -4.55. The standard InChI is InChI=1S/C29H26N4O4S/c1-4-5-9-26-32-28(34)27(29(35)33(26)20(3)23-8-6-7-21(16-23)17-30)38(36,37)24-12-10-22(11-13-24)25-14-15-31-18-19(25)2/h6-8,10-16,18,35H,3-5,9H2,1-2H3. The lowest BCUT2D eigenvalue weighted by Gasteiger charge is -2.19. The Morgan fingerprint density at radius 1 is 1.16 bits per heavy atom. The lowest BCUT2D eigenvalue weighted by Crippen LogP contribution is -2.25. The topological polar surface area (TPSA) is 126 Å². The van der Waals surface area contributed by atoms with Crippen molar-refractivity contribution in [2.45, 2.75) is 42.9 Å². The number of pyridine rings is 1. The van der Waals surface area contributed by atoms with Crippen molar-refractivity contribution in [3.63, 3.8) is 0 Å². The highest BCUT2D eigenvalue weighted by Gasteiger charge is 2.30. The van der Waals surface area contributed by atoms with Crippen LogP contribution in [0, 0.1) is 18.3 Å². The molecule has 8 nitrogen and oxygen atoms in total. The van der Waals surface area contributed by atoms with Gasteiger partial charge in [-0.05, 0) is 65.9 Å². The second-order valence-electron chi connectivity index (χ2n) is 8.78. The lowest BCUT2D eigenvalue weighted by molar-refractivity contribution is 0.412. The molecule has 0 unspecified atom stereocenters. The van der Waals surface area contributed by atoms with E-state index in [0.29, 0.717) is 24.0 Å². The molecular weight excluding hydrogens is 500 g/mol. The molecule has 0 atom stereocenters. The van der Waals surface area contributed by atoms with Gasteiger partial charge in [0.15, 0.2) is 4.90 Å². The summed E-state index contributed by atoms with van der Waals surface area (Å²) in [7, 11) is -4.45. The van der Waals surface area contributed by atoms with Crippen molar-refractivity contribution < 1.29 is 13.5 Å². The van der Waals surface area contributed by atoms with Gasteiger partial charge >= 0.3 is 0 Å². The monoisotopic (exact) mass is 526 g/mol. The zero-order valence-corrected chi connectivity index (χ0v) is 21.9. The number of benzene rings is 2. The number of hydrogen-bond acceptors (Lipinski definition) is 7. The van der Waals surface area contributed by atoms with Crippen molar-refractivity contribution in [2.75, 3.05) is 0 Å². The summed E-state index contributed by atoms with van der Waals surface area (Å²) in [6.45, 7) is 7.89. The van der Waals surface area contributed by atoms with E-state index in [0.717, 1.165) is 23.1 Å². The van der Waals surface area contributed by atoms with E-state index in [1.54, 1.807) is 48.8 Å². The highest BCUT2D eigenvalue weighted by Crippen LogP contribution is 2.32. The predicted molar refractivity (Wildman–Crippen MR) is 144 cm³/mol. The summed E-state index contributed by atoms with van der Waals surface area (Å²) in [5.74, 6) is -0.582. The summed E-state index contributed by atoms with van der Waals surface area (Å²) >= 11 is 0. The summed E-state index contributed by atoms with van der Waals surface area (Å²) in [6.07, 6.45) is 5.12. The number of aryl methyl sites for hydroxylation is 2. The molecule has 2 aromatic heterocycles. The van der Waals surface area contributed by atoms with Crippen LogP contribution in [0.25, 0.3) is 16.8 Å². The van der Waals surface area contributed by atoms with Crippen LogP contribution >= 0.6 is 0 Å². The van der Waals surface area contributed by atoms with Crippen molar-refractivity contribution >= 4 is 15.5 Å². The average molecular weight is 527 g/mol. The van der Waals surface area contributed by atoms with E-state index >= 15 is 0 Å². The first-order valence-electron chi connectivity index (χ1n) is 12.0. The first-order chi connectivity index (χ1) is 18.2. The molecule has 192 valence electrons. The number of rotatable bonds is 8. The number of unbranched alkanes of at least 4 members (excludes halogenated alkanes) is 1. The average Bonchev–Trinajstić information content (AvgIpc) is 2.91. The molecule has 0 saturated heterocycles. The van der Waals surface area contributed by atoms with Gasteiger partial charge in [0.05, 0.1) is 22.2 Å². The van der Waals surface area contributed by atoms with Crippen molar-refractivity contribution in [2.24, 2.45) is 0 Å². The highest BCUT2D eigenvalue weighted by molar-refractivity contribution is 7.91. The van der Waals surface area contributed by atoms with Gasteiger partial charge in [-0.15, -0.1) is 0 Å². The summed E-state index contributed by atoms with van der Waals surface area (Å²) < 4.78 is 28.5. The second kappa shape index (κ2) is 10.8. The fourth-order valence-electron chi connectivity index (χ4n) is 4.18. The number of nitrogens with zero attached hydrogens (tertiary/aromatic N) is 4. The van der Waals surface area contributed by atoms with Crippen LogP contribution in [-0.2, 0) is 16.3 Å². The van der Waals surface area contributed by atoms with Gasteiger partial charge in [0, 0.05) is 18.8 Å². The highest BCUT2D eigenvalue weighted by atomic mass is 32.2. The number of aromatic nitrogens is 3. The van der Waals surface area contributed by atoms with Crippen LogP contribution in [0.2, 0.25) is 0 Å². The van der Waals surface area contributed by atoms with Gasteiger partial charge in [-0.25, -0.2) is 8.42 Å². The van der Waals surface area contributed by atoms with Crippen LogP contribution in [0.4, 0.5) is 0 Å². The Morgan fingerprint density at radius 3 is 2.55 bits per heavy atom. The van der Waals surface area contributed by atoms with Gasteiger partial charge in [0.25, 0.3) is 5.56 Å². The van der Waals surface area contributed by atoms with E-state index < -0.39 is 26.2 Å². The largest absolute Gasteiger partial charge is 0.493 e. The summed E-state index contributed by atoms with van der Waals surface area (Å²) in [5, 5.41) is 20.6. The van der Waals surface area contributed by atoms with Crippen molar-refractivity contribution in [3.05, 3.63) is 106 Å². The molecule has 0 aliphatic rings. The molecule has 0 radical (unpaired) electrons. The number of nitriles is 1. The fourth-order valence-corrected chi connectivity index (χ4v) is 5.52. The molecule has 0 spiro atoms. The van der Waals surface area contributed by atoms with Gasteiger partial charge in [0.2, 0.25) is 15.7 Å². The molecule has 2 heterocycles. The Kier molecular flexibility index (Phi) is 7.55. The van der Waals surface area contributed by atoms with Crippen LogP contribution in [0.1, 0.15) is 42.3 Å². The van der Waals surface area contributed by atoms with E-state index in [2.05, 4.69) is 16.5 Å². The molecule has 4 rings (SSSR count). The zero-order chi connectivity index (χ0) is 27.4. The molecule has 1 N–H and O–H groups in total. The SMILES string of the molecule is C=C(c1cccc(C#N)c1)n1c(CCCC)nc(=O)c(S(=O)(=O)c2ccc(-c3ccncc3C)cc2)c1O. The molecule has 0 amide bonds. The normalized spacial score (nSPS) is 11.2. The zero-order valence-electron chi connectivity index (χ0n) is 21.0. The van der Waals surface area contributed by atoms with E-state index in [1.165, 1.54) is 16.7 Å². The third-order valence-electron chi connectivity index (χ3n) is 6.21. The van der Waals surface area contributed by atoms with Gasteiger partial charge in [0.1, 0.15) is 5.82 Å². The molecule has 38 heavy (non-hydrogen) atoms. The Morgan fingerprint density at radius 2 is 1.89 bits per heavy atom. The van der Waals surface area contributed by atoms with Crippen LogP contribution in [0.15, 0.2) is 88.2 Å². The smallest absolute Gasteiger partial charge is 0.296 e. The molecule has 0 saturated carbocycles. The Balaban J connectivity index is 1.86. The molecule has 2 aromatic carbocycles. The van der Waals surface area contributed by atoms with Crippen LogP contribution in [0.5, 0.6) is 5.88 Å². The molecule has 0 bridgehead atoms. The van der Waals surface area contributed by atoms with Crippen LogP contribution < -0.4 is 5.56 Å². The van der Waals surface area contributed by atoms with Crippen molar-refractivity contribution in [1.29, 1.82) is 5.26 Å². The molecular formula is C29H26N4O4S. The van der Waals surface area contributed by atoms with Crippen LogP contribution in [-0.4, -0.2) is 28.1 Å². The molecule has 0 aliphatic carbocycles. The minimum Gasteiger partial charge on any atom is -0.493 e. The lowest BCUT2D eigenvalue weighted by atomic mass is 10.0. The summed E-state index contributed by atoms with van der Waals surface area (Å²) in [6, 6.07) is 16.5. The van der Waals surface area contributed by atoms with Crippen LogP contribution in [0.3, 0.4) is 0 Å².